The highest BCUT2D eigenvalue weighted by Gasteiger charge is 2.44. The lowest BCUT2D eigenvalue weighted by molar-refractivity contribution is -0.0510. The van der Waals surface area contributed by atoms with Crippen LogP contribution in [0.4, 0.5) is 13.2 Å². The highest BCUT2D eigenvalue weighted by molar-refractivity contribution is 7.86. The number of fused-ring (bicyclic) bond motifs is 2. The third-order valence-electron chi connectivity index (χ3n) is 5.47. The van der Waals surface area contributed by atoms with Crippen LogP contribution in [0, 0.1) is 0 Å². The van der Waals surface area contributed by atoms with Crippen molar-refractivity contribution in [1.29, 1.82) is 0 Å². The number of benzene rings is 5. The molecule has 0 radical (unpaired) electrons. The first-order chi connectivity index (χ1) is 16.6. The first-order valence-corrected chi connectivity index (χ1v) is 12.3. The van der Waals surface area contributed by atoms with Gasteiger partial charge in [-0.05, 0) is 44.3 Å². The molecule has 0 spiro atoms. The average Bonchev–Trinajstić information content (AvgIpc) is 2.82. The quantitative estimate of drug-likeness (QED) is 0.143. The largest absolute Gasteiger partial charge is 0.522 e. The molecule has 0 amide bonds. The van der Waals surface area contributed by atoms with Gasteiger partial charge < -0.3 is 0 Å². The molecule has 0 saturated carbocycles. The molecule has 0 atom stereocenters. The Morgan fingerprint density at radius 1 is 0.600 bits per heavy atom. The monoisotopic (exact) mass is 512 g/mol. The van der Waals surface area contributed by atoms with E-state index in [1.165, 1.54) is 43.8 Å². The molecule has 5 aromatic rings. The second-order valence-corrected chi connectivity index (χ2v) is 9.57. The van der Waals surface area contributed by atoms with E-state index in [9.17, 15) is 13.2 Å². The van der Waals surface area contributed by atoms with Gasteiger partial charge in [-0.3, -0.25) is 4.55 Å². The Hall–Kier alpha value is -3.33. The molecule has 0 unspecified atom stereocenters. The summed E-state index contributed by atoms with van der Waals surface area (Å²) in [5.74, 6) is 0. The van der Waals surface area contributed by atoms with E-state index >= 15 is 0 Å². The molecule has 35 heavy (non-hydrogen) atoms. The molecule has 5 aromatic carbocycles. The van der Waals surface area contributed by atoms with Gasteiger partial charge in [0.05, 0.1) is 0 Å². The summed E-state index contributed by atoms with van der Waals surface area (Å²) in [5.41, 5.74) is -0.661. The van der Waals surface area contributed by atoms with Gasteiger partial charge in [0.25, 0.3) is 0 Å². The van der Waals surface area contributed by atoms with E-state index in [4.69, 9.17) is 25.6 Å². The summed E-state index contributed by atoms with van der Waals surface area (Å²) in [7, 11) is -5.84. The molecule has 0 heterocycles. The Labute approximate surface area is 206 Å². The van der Waals surface area contributed by atoms with Crippen molar-refractivity contribution in [3.63, 3.8) is 0 Å². The van der Waals surface area contributed by atoms with Gasteiger partial charge in [0.2, 0.25) is 0 Å². The molecule has 0 aliphatic rings. The fraction of sp³-hybridized carbons (Fsp3) is 0.0370. The smallest absolute Gasteiger partial charge is 0.279 e. The lowest BCUT2D eigenvalue weighted by Gasteiger charge is -2.16. The van der Waals surface area contributed by atoms with Crippen molar-refractivity contribution in [3.8, 4) is 22.3 Å². The highest BCUT2D eigenvalue weighted by Crippen LogP contribution is 2.41. The van der Waals surface area contributed by atoms with Gasteiger partial charge >= 0.3 is 15.6 Å². The van der Waals surface area contributed by atoms with Crippen LogP contribution >= 0.6 is 12.6 Å². The van der Waals surface area contributed by atoms with E-state index in [0.717, 1.165) is 4.90 Å². The molecule has 0 aromatic heterocycles. The highest BCUT2D eigenvalue weighted by atomic mass is 32.2. The van der Waals surface area contributed by atoms with E-state index in [2.05, 4.69) is 103 Å². The summed E-state index contributed by atoms with van der Waals surface area (Å²) in [4.78, 5) is 0.997. The van der Waals surface area contributed by atoms with Crippen molar-refractivity contribution in [2.75, 3.05) is 0 Å². The summed E-state index contributed by atoms with van der Waals surface area (Å²) in [6, 6.07) is 36.5. The predicted octanol–water partition coefficient (Wildman–Crippen LogP) is 8.01. The molecule has 0 aliphatic heterocycles. The van der Waals surface area contributed by atoms with Crippen LogP contribution < -0.4 is 0 Å². The van der Waals surface area contributed by atoms with Crippen molar-refractivity contribution in [2.45, 2.75) is 10.4 Å². The van der Waals surface area contributed by atoms with Gasteiger partial charge in [0, 0.05) is 10.5 Å². The molecule has 3 nitrogen and oxygen atoms in total. The zero-order valence-electron chi connectivity index (χ0n) is 18.1. The van der Waals surface area contributed by atoms with Crippen LogP contribution in [0.25, 0.3) is 43.8 Å². The second-order valence-electron chi connectivity index (χ2n) is 7.67. The van der Waals surface area contributed by atoms with Gasteiger partial charge in [0.1, 0.15) is 0 Å². The maximum Gasteiger partial charge on any atom is 0.522 e. The number of hydrogen-bond donors (Lipinski definition) is 2. The number of hydrogen-bond acceptors (Lipinski definition) is 3. The maximum atomic E-state index is 10.7. The summed E-state index contributed by atoms with van der Waals surface area (Å²) >= 11 is 4.85. The normalized spacial score (nSPS) is 11.8. The topological polar surface area (TPSA) is 54.4 Å². The van der Waals surface area contributed by atoms with Gasteiger partial charge in [-0.1, -0.05) is 97.1 Å². The Morgan fingerprint density at radius 2 is 1.00 bits per heavy atom. The van der Waals surface area contributed by atoms with Crippen LogP contribution in [0.2, 0.25) is 0 Å². The molecule has 1 N–H and O–H groups in total. The lowest BCUT2D eigenvalue weighted by atomic mass is 9.89. The first-order valence-electron chi connectivity index (χ1n) is 10.4. The summed E-state index contributed by atoms with van der Waals surface area (Å²) in [6.07, 6.45) is 0. The van der Waals surface area contributed by atoms with Gasteiger partial charge in [-0.2, -0.15) is 21.6 Å². The zero-order chi connectivity index (χ0) is 25.2. The van der Waals surface area contributed by atoms with Crippen molar-refractivity contribution in [1.82, 2.24) is 0 Å². The lowest BCUT2D eigenvalue weighted by Crippen LogP contribution is -2.21. The van der Waals surface area contributed by atoms with Crippen molar-refractivity contribution in [2.24, 2.45) is 0 Å². The molecule has 5 rings (SSSR count). The van der Waals surface area contributed by atoms with Crippen LogP contribution in [-0.4, -0.2) is 18.5 Å². The summed E-state index contributed by atoms with van der Waals surface area (Å²) < 4.78 is 57.5. The number of alkyl halides is 3. The van der Waals surface area contributed by atoms with Crippen molar-refractivity contribution in [3.05, 3.63) is 103 Å². The minimum Gasteiger partial charge on any atom is -0.279 e. The Kier molecular flexibility index (Phi) is 6.89. The van der Waals surface area contributed by atoms with Crippen LogP contribution in [0.3, 0.4) is 0 Å². The van der Waals surface area contributed by atoms with Crippen molar-refractivity contribution < 1.29 is 26.1 Å². The summed E-state index contributed by atoms with van der Waals surface area (Å²) in [6.45, 7) is 0. The fourth-order valence-corrected chi connectivity index (χ4v) is 4.28. The van der Waals surface area contributed by atoms with Crippen molar-refractivity contribution >= 4 is 44.3 Å². The first kappa shape index (κ1) is 24.8. The number of halogens is 3. The Balaban J connectivity index is 0.000000314. The van der Waals surface area contributed by atoms with E-state index in [1.54, 1.807) is 0 Å². The van der Waals surface area contributed by atoms with Crippen LogP contribution in [-0.2, 0) is 10.1 Å². The molecule has 0 aliphatic carbocycles. The minimum absolute atomic E-state index is 0.997. The van der Waals surface area contributed by atoms with Crippen LogP contribution in [0.1, 0.15) is 0 Å². The third-order valence-corrected chi connectivity index (χ3v) is 6.43. The maximum absolute atomic E-state index is 10.7. The standard InChI is InChI=1S/C26H18S.CHF3O3S/c27-25-17-7-16-24(22-14-5-10-18-8-1-3-12-20(18)22)26(25)23-15-6-11-19-9-2-4-13-21(19)23;2-1(3,4)8(5,6)7/h1-17,27H;(H,5,6,7). The van der Waals surface area contributed by atoms with Crippen LogP contribution in [0.5, 0.6) is 0 Å². The molecule has 0 bridgehead atoms. The Morgan fingerprint density at radius 3 is 1.54 bits per heavy atom. The molecular weight excluding hydrogens is 493 g/mol. The predicted molar refractivity (Wildman–Crippen MR) is 137 cm³/mol. The molecular formula is C27H19F3O3S2. The zero-order valence-corrected chi connectivity index (χ0v) is 19.8. The van der Waals surface area contributed by atoms with E-state index in [-0.39, 0.29) is 0 Å². The van der Waals surface area contributed by atoms with Gasteiger partial charge in [-0.15, -0.1) is 12.6 Å². The van der Waals surface area contributed by atoms with E-state index < -0.39 is 15.6 Å². The summed E-state index contributed by atoms with van der Waals surface area (Å²) in [5, 5.41) is 5.02. The number of rotatable bonds is 2. The average molecular weight is 513 g/mol. The Bertz CT molecular complexity index is 1620. The molecule has 0 saturated heterocycles. The van der Waals surface area contributed by atoms with Gasteiger partial charge in [-0.25, -0.2) is 0 Å². The van der Waals surface area contributed by atoms with E-state index in [1.807, 2.05) is 0 Å². The van der Waals surface area contributed by atoms with Gasteiger partial charge in [0.15, 0.2) is 0 Å². The second kappa shape index (κ2) is 9.73. The molecule has 0 fully saturated rings. The fourth-order valence-electron chi connectivity index (χ4n) is 3.95. The SMILES string of the molecule is O=S(=O)(O)C(F)(F)F.Sc1cccc(-c2cccc3ccccc23)c1-c1cccc2ccccc12. The minimum atomic E-state index is -5.84. The third kappa shape index (κ3) is 5.19. The number of thiol groups is 1. The molecule has 8 heteroatoms. The van der Waals surface area contributed by atoms with E-state index in [0.29, 0.717) is 0 Å². The van der Waals surface area contributed by atoms with Crippen LogP contribution in [0.15, 0.2) is 108 Å². The molecule has 178 valence electrons.